The lowest BCUT2D eigenvalue weighted by molar-refractivity contribution is -0.148. The van der Waals surface area contributed by atoms with Crippen molar-refractivity contribution >= 4 is 5.97 Å². The molecule has 0 heterocycles. The fourth-order valence-corrected chi connectivity index (χ4v) is 4.90. The summed E-state index contributed by atoms with van der Waals surface area (Å²) in [5, 5.41) is 0. The Morgan fingerprint density at radius 3 is 2.61 bits per heavy atom. The molecule has 0 saturated heterocycles. The molecule has 3 fully saturated rings. The van der Waals surface area contributed by atoms with Crippen LogP contribution in [0.4, 0.5) is 0 Å². The molecule has 0 amide bonds. The van der Waals surface area contributed by atoms with Gasteiger partial charge in [-0.05, 0) is 55.8 Å². The Morgan fingerprint density at radius 2 is 1.78 bits per heavy atom. The number of rotatable bonds is 2. The summed E-state index contributed by atoms with van der Waals surface area (Å²) < 4.78 is 5.60. The van der Waals surface area contributed by atoms with Gasteiger partial charge in [-0.15, -0.1) is 0 Å². The minimum absolute atomic E-state index is 0.180. The number of hydrogen-bond acceptors (Lipinski definition) is 2. The monoisotopic (exact) mass is 248 g/mol. The summed E-state index contributed by atoms with van der Waals surface area (Å²) in [7, 11) is 0. The van der Waals surface area contributed by atoms with Crippen molar-refractivity contribution in [3.8, 4) is 0 Å². The smallest absolute Gasteiger partial charge is 0.330 e. The fraction of sp³-hybridized carbons (Fsp3) is 0.812. The predicted octanol–water partition coefficient (Wildman–Crippen LogP) is 3.71. The largest absolute Gasteiger partial charge is 0.459 e. The highest BCUT2D eigenvalue weighted by Crippen LogP contribution is 2.54. The molecule has 5 unspecified atom stereocenters. The number of ether oxygens (including phenoxy) is 1. The van der Waals surface area contributed by atoms with Crippen molar-refractivity contribution in [3.05, 3.63) is 12.7 Å². The minimum atomic E-state index is -0.226. The van der Waals surface area contributed by atoms with Crippen LogP contribution in [-0.2, 0) is 9.53 Å². The number of esters is 1. The van der Waals surface area contributed by atoms with Gasteiger partial charge < -0.3 is 4.74 Å². The second-order valence-corrected chi connectivity index (χ2v) is 6.38. The summed E-state index contributed by atoms with van der Waals surface area (Å²) in [6.07, 6.45) is 12.1. The SMILES string of the molecule is C=CC(=O)OC1CCCC2C3CCCCC3CC12. The summed E-state index contributed by atoms with van der Waals surface area (Å²) in [6.45, 7) is 3.51. The molecule has 3 saturated carbocycles. The van der Waals surface area contributed by atoms with Gasteiger partial charge in [0.1, 0.15) is 6.10 Å². The van der Waals surface area contributed by atoms with Crippen molar-refractivity contribution in [3.63, 3.8) is 0 Å². The molecule has 0 N–H and O–H groups in total. The van der Waals surface area contributed by atoms with Crippen molar-refractivity contribution < 1.29 is 9.53 Å². The third-order valence-corrected chi connectivity index (χ3v) is 5.58. The molecular weight excluding hydrogens is 224 g/mol. The van der Waals surface area contributed by atoms with Crippen LogP contribution in [-0.4, -0.2) is 12.1 Å². The number of carbonyl (C=O) groups is 1. The Hall–Kier alpha value is -0.790. The first kappa shape index (κ1) is 12.3. The third-order valence-electron chi connectivity index (χ3n) is 5.58. The van der Waals surface area contributed by atoms with Gasteiger partial charge >= 0.3 is 5.97 Å². The molecule has 2 nitrogen and oxygen atoms in total. The quantitative estimate of drug-likeness (QED) is 0.550. The van der Waals surface area contributed by atoms with Gasteiger partial charge in [-0.3, -0.25) is 0 Å². The Morgan fingerprint density at radius 1 is 1.00 bits per heavy atom. The Bertz CT molecular complexity index is 336. The molecule has 100 valence electrons. The molecule has 0 radical (unpaired) electrons. The lowest BCUT2D eigenvalue weighted by Gasteiger charge is -2.36. The molecule has 0 aromatic heterocycles. The Labute approximate surface area is 110 Å². The van der Waals surface area contributed by atoms with Crippen LogP contribution >= 0.6 is 0 Å². The lowest BCUT2D eigenvalue weighted by atomic mass is 9.72. The maximum absolute atomic E-state index is 11.4. The van der Waals surface area contributed by atoms with Gasteiger partial charge in [0.15, 0.2) is 0 Å². The van der Waals surface area contributed by atoms with E-state index in [0.717, 1.165) is 24.2 Å². The predicted molar refractivity (Wildman–Crippen MR) is 71.0 cm³/mol. The summed E-state index contributed by atoms with van der Waals surface area (Å²) in [5.74, 6) is 3.13. The molecular formula is C16H24O2. The highest BCUT2D eigenvalue weighted by atomic mass is 16.5. The molecule has 0 bridgehead atoms. The van der Waals surface area contributed by atoms with Gasteiger partial charge in [0.25, 0.3) is 0 Å². The molecule has 3 rings (SSSR count). The summed E-state index contributed by atoms with van der Waals surface area (Å²) in [6, 6.07) is 0. The van der Waals surface area contributed by atoms with E-state index < -0.39 is 0 Å². The van der Waals surface area contributed by atoms with E-state index in [4.69, 9.17) is 4.74 Å². The highest BCUT2D eigenvalue weighted by molar-refractivity contribution is 5.81. The van der Waals surface area contributed by atoms with E-state index in [1.54, 1.807) is 0 Å². The molecule has 0 spiro atoms. The number of hydrogen-bond donors (Lipinski definition) is 0. The van der Waals surface area contributed by atoms with Crippen LogP contribution in [0.15, 0.2) is 12.7 Å². The summed E-state index contributed by atoms with van der Waals surface area (Å²) in [5.41, 5.74) is 0. The molecule has 3 aliphatic rings. The summed E-state index contributed by atoms with van der Waals surface area (Å²) >= 11 is 0. The third kappa shape index (κ3) is 2.10. The maximum Gasteiger partial charge on any atom is 0.330 e. The minimum Gasteiger partial charge on any atom is -0.459 e. The second kappa shape index (κ2) is 5.07. The van der Waals surface area contributed by atoms with E-state index in [1.165, 1.54) is 51.0 Å². The maximum atomic E-state index is 11.4. The van der Waals surface area contributed by atoms with Gasteiger partial charge in [0.2, 0.25) is 0 Å². The number of carbonyl (C=O) groups excluding carboxylic acids is 1. The van der Waals surface area contributed by atoms with Gasteiger partial charge in [-0.25, -0.2) is 4.79 Å². The van der Waals surface area contributed by atoms with Gasteiger partial charge in [0.05, 0.1) is 0 Å². The van der Waals surface area contributed by atoms with E-state index in [-0.39, 0.29) is 12.1 Å². The molecule has 0 aromatic carbocycles. The zero-order valence-corrected chi connectivity index (χ0v) is 11.1. The standard InChI is InChI=1S/C16H24O2/c1-2-16(17)18-15-9-5-8-13-12-7-4-3-6-11(12)10-14(13)15/h2,11-15H,1,3-10H2. The Kier molecular flexibility index (Phi) is 3.45. The lowest BCUT2D eigenvalue weighted by Crippen LogP contribution is -2.34. The van der Waals surface area contributed by atoms with Crippen molar-refractivity contribution in [1.82, 2.24) is 0 Å². The zero-order chi connectivity index (χ0) is 12.5. The molecule has 5 atom stereocenters. The van der Waals surface area contributed by atoms with Gasteiger partial charge in [-0.1, -0.05) is 25.8 Å². The fourth-order valence-electron chi connectivity index (χ4n) is 4.90. The van der Waals surface area contributed by atoms with Crippen LogP contribution in [0.3, 0.4) is 0 Å². The van der Waals surface area contributed by atoms with Crippen LogP contribution in [0.5, 0.6) is 0 Å². The first-order valence-electron chi connectivity index (χ1n) is 7.62. The van der Waals surface area contributed by atoms with Crippen LogP contribution in [0.2, 0.25) is 0 Å². The van der Waals surface area contributed by atoms with E-state index >= 15 is 0 Å². The first-order valence-corrected chi connectivity index (χ1v) is 7.62. The van der Waals surface area contributed by atoms with Gasteiger partial charge in [0, 0.05) is 6.08 Å². The van der Waals surface area contributed by atoms with Crippen molar-refractivity contribution in [2.45, 2.75) is 57.5 Å². The summed E-state index contributed by atoms with van der Waals surface area (Å²) in [4.78, 5) is 11.4. The van der Waals surface area contributed by atoms with Crippen molar-refractivity contribution in [2.24, 2.45) is 23.7 Å². The van der Waals surface area contributed by atoms with Crippen LogP contribution in [0, 0.1) is 23.7 Å². The number of fused-ring (bicyclic) bond motifs is 3. The van der Waals surface area contributed by atoms with E-state index in [2.05, 4.69) is 6.58 Å². The normalized spacial score (nSPS) is 42.8. The molecule has 3 aliphatic carbocycles. The van der Waals surface area contributed by atoms with Crippen LogP contribution in [0.25, 0.3) is 0 Å². The first-order chi connectivity index (χ1) is 8.79. The van der Waals surface area contributed by atoms with Gasteiger partial charge in [-0.2, -0.15) is 0 Å². The van der Waals surface area contributed by atoms with E-state index in [1.807, 2.05) is 0 Å². The highest BCUT2D eigenvalue weighted by Gasteiger charge is 2.48. The molecule has 18 heavy (non-hydrogen) atoms. The molecule has 0 aliphatic heterocycles. The van der Waals surface area contributed by atoms with E-state index in [9.17, 15) is 4.79 Å². The zero-order valence-electron chi connectivity index (χ0n) is 11.1. The van der Waals surface area contributed by atoms with Crippen LogP contribution in [0.1, 0.15) is 51.4 Å². The topological polar surface area (TPSA) is 26.3 Å². The Balaban J connectivity index is 1.71. The molecule has 0 aromatic rings. The van der Waals surface area contributed by atoms with Crippen molar-refractivity contribution in [1.29, 1.82) is 0 Å². The van der Waals surface area contributed by atoms with Crippen molar-refractivity contribution in [2.75, 3.05) is 0 Å². The second-order valence-electron chi connectivity index (χ2n) is 6.38. The van der Waals surface area contributed by atoms with Crippen LogP contribution < -0.4 is 0 Å². The van der Waals surface area contributed by atoms with E-state index in [0.29, 0.717) is 5.92 Å². The molecule has 2 heteroatoms. The average molecular weight is 248 g/mol. The average Bonchev–Trinajstić information content (AvgIpc) is 2.78.